The van der Waals surface area contributed by atoms with E-state index >= 15 is 0 Å². The van der Waals surface area contributed by atoms with E-state index < -0.39 is 0 Å². The van der Waals surface area contributed by atoms with Gasteiger partial charge in [0.05, 0.1) is 23.6 Å². The summed E-state index contributed by atoms with van der Waals surface area (Å²) >= 11 is 0. The Hall–Kier alpha value is -3.34. The van der Waals surface area contributed by atoms with Gasteiger partial charge in [0.25, 0.3) is 0 Å². The SMILES string of the molecule is COC(=O)c1ccc(-c2ccc3c(c2)c(=O)oc2cccn23)cc1. The number of rotatable bonds is 2. The van der Waals surface area contributed by atoms with E-state index in [1.807, 2.05) is 40.9 Å². The van der Waals surface area contributed by atoms with E-state index in [0.717, 1.165) is 16.6 Å². The van der Waals surface area contributed by atoms with Gasteiger partial charge in [-0.1, -0.05) is 18.2 Å². The highest BCUT2D eigenvalue weighted by Crippen LogP contribution is 2.24. The van der Waals surface area contributed by atoms with Crippen molar-refractivity contribution in [1.29, 1.82) is 0 Å². The van der Waals surface area contributed by atoms with Crippen molar-refractivity contribution in [2.45, 2.75) is 0 Å². The molecular formula is C19H13NO4. The molecule has 118 valence electrons. The van der Waals surface area contributed by atoms with Gasteiger partial charge in [-0.2, -0.15) is 0 Å². The molecular weight excluding hydrogens is 306 g/mol. The molecule has 0 aliphatic carbocycles. The van der Waals surface area contributed by atoms with Crippen molar-refractivity contribution in [3.05, 3.63) is 76.8 Å². The van der Waals surface area contributed by atoms with Crippen molar-refractivity contribution >= 4 is 22.6 Å². The number of fused-ring (bicyclic) bond motifs is 3. The van der Waals surface area contributed by atoms with Gasteiger partial charge in [0, 0.05) is 12.3 Å². The maximum Gasteiger partial charge on any atom is 0.346 e. The number of aromatic nitrogens is 1. The number of hydrogen-bond donors (Lipinski definition) is 0. The number of benzene rings is 2. The predicted molar refractivity (Wildman–Crippen MR) is 90.2 cm³/mol. The summed E-state index contributed by atoms with van der Waals surface area (Å²) in [5.74, 6) is -0.379. The molecule has 4 aromatic rings. The van der Waals surface area contributed by atoms with Crippen molar-refractivity contribution in [3.63, 3.8) is 0 Å². The molecule has 0 saturated carbocycles. The van der Waals surface area contributed by atoms with Crippen molar-refractivity contribution in [3.8, 4) is 11.1 Å². The Labute approximate surface area is 136 Å². The number of carbonyl (C=O) groups excluding carboxylic acids is 1. The molecule has 0 spiro atoms. The normalized spacial score (nSPS) is 11.0. The molecule has 0 saturated heterocycles. The van der Waals surface area contributed by atoms with Gasteiger partial charge in [0.15, 0.2) is 0 Å². The second-order valence-electron chi connectivity index (χ2n) is 5.41. The Balaban J connectivity index is 1.85. The molecule has 0 unspecified atom stereocenters. The van der Waals surface area contributed by atoms with E-state index in [1.54, 1.807) is 24.3 Å². The van der Waals surface area contributed by atoms with Crippen LogP contribution in [-0.2, 0) is 4.74 Å². The summed E-state index contributed by atoms with van der Waals surface area (Å²) in [6.45, 7) is 0. The van der Waals surface area contributed by atoms with Crippen LogP contribution in [-0.4, -0.2) is 17.5 Å². The highest BCUT2D eigenvalue weighted by molar-refractivity contribution is 5.90. The Bertz CT molecular complexity index is 1120. The molecule has 0 amide bonds. The molecule has 0 aliphatic rings. The lowest BCUT2D eigenvalue weighted by molar-refractivity contribution is 0.0601. The second kappa shape index (κ2) is 5.38. The fourth-order valence-corrected chi connectivity index (χ4v) is 2.80. The monoisotopic (exact) mass is 319 g/mol. The van der Waals surface area contributed by atoms with Crippen LogP contribution in [0.15, 0.2) is 70.0 Å². The van der Waals surface area contributed by atoms with Crippen LogP contribution in [0.2, 0.25) is 0 Å². The molecule has 0 fully saturated rings. The summed E-state index contributed by atoms with van der Waals surface area (Å²) in [4.78, 5) is 23.7. The summed E-state index contributed by atoms with van der Waals surface area (Å²) in [6.07, 6.45) is 1.85. The van der Waals surface area contributed by atoms with Crippen LogP contribution in [0.4, 0.5) is 0 Å². The quantitative estimate of drug-likeness (QED) is 0.531. The average molecular weight is 319 g/mol. The van der Waals surface area contributed by atoms with Gasteiger partial charge in [0.1, 0.15) is 0 Å². The highest BCUT2D eigenvalue weighted by atomic mass is 16.5. The molecule has 0 bridgehead atoms. The molecule has 0 N–H and O–H groups in total. The lowest BCUT2D eigenvalue weighted by Crippen LogP contribution is -2.03. The minimum atomic E-state index is -0.379. The van der Waals surface area contributed by atoms with E-state index in [0.29, 0.717) is 16.7 Å². The molecule has 5 nitrogen and oxygen atoms in total. The molecule has 5 heteroatoms. The fourth-order valence-electron chi connectivity index (χ4n) is 2.80. The molecule has 24 heavy (non-hydrogen) atoms. The molecule has 4 rings (SSSR count). The molecule has 2 aromatic heterocycles. The van der Waals surface area contributed by atoms with Gasteiger partial charge < -0.3 is 9.15 Å². The van der Waals surface area contributed by atoms with Crippen molar-refractivity contribution in [1.82, 2.24) is 4.40 Å². The Morgan fingerprint density at radius 1 is 1.04 bits per heavy atom. The van der Waals surface area contributed by atoms with Crippen molar-refractivity contribution in [2.75, 3.05) is 7.11 Å². The lowest BCUT2D eigenvalue weighted by atomic mass is 10.0. The van der Waals surface area contributed by atoms with Crippen LogP contribution in [0.3, 0.4) is 0 Å². The Kier molecular flexibility index (Phi) is 3.20. The zero-order valence-corrected chi connectivity index (χ0v) is 12.9. The third-order valence-corrected chi connectivity index (χ3v) is 4.02. The van der Waals surface area contributed by atoms with Gasteiger partial charge in [0.2, 0.25) is 5.71 Å². The molecule has 0 radical (unpaired) electrons. The maximum atomic E-state index is 12.2. The summed E-state index contributed by atoms with van der Waals surface area (Å²) < 4.78 is 11.8. The average Bonchev–Trinajstić information content (AvgIpc) is 3.09. The predicted octanol–water partition coefficient (Wildman–Crippen LogP) is 3.50. The third-order valence-electron chi connectivity index (χ3n) is 4.02. The summed E-state index contributed by atoms with van der Waals surface area (Å²) in [7, 11) is 1.35. The van der Waals surface area contributed by atoms with E-state index in [9.17, 15) is 9.59 Å². The van der Waals surface area contributed by atoms with E-state index in [4.69, 9.17) is 9.15 Å². The van der Waals surface area contributed by atoms with Crippen molar-refractivity contribution in [2.24, 2.45) is 0 Å². The van der Waals surface area contributed by atoms with Crippen LogP contribution in [0.25, 0.3) is 27.7 Å². The van der Waals surface area contributed by atoms with Gasteiger partial charge in [-0.25, -0.2) is 9.59 Å². The minimum absolute atomic E-state index is 0.371. The zero-order valence-electron chi connectivity index (χ0n) is 12.9. The molecule has 2 aromatic carbocycles. The molecule has 0 atom stereocenters. The first-order chi connectivity index (χ1) is 11.7. The van der Waals surface area contributed by atoms with Gasteiger partial charge in [-0.15, -0.1) is 0 Å². The van der Waals surface area contributed by atoms with Crippen molar-refractivity contribution < 1.29 is 13.9 Å². The third kappa shape index (κ3) is 2.18. The first-order valence-electron chi connectivity index (χ1n) is 7.40. The number of esters is 1. The Morgan fingerprint density at radius 2 is 1.79 bits per heavy atom. The van der Waals surface area contributed by atoms with Crippen LogP contribution in [0.5, 0.6) is 0 Å². The van der Waals surface area contributed by atoms with E-state index in [-0.39, 0.29) is 11.6 Å². The molecule has 0 aliphatic heterocycles. The second-order valence-corrected chi connectivity index (χ2v) is 5.41. The summed E-state index contributed by atoms with van der Waals surface area (Å²) in [5.41, 5.74) is 3.19. The van der Waals surface area contributed by atoms with E-state index in [2.05, 4.69) is 0 Å². The first kappa shape index (κ1) is 14.3. The summed E-state index contributed by atoms with van der Waals surface area (Å²) in [5, 5.41) is 0.508. The van der Waals surface area contributed by atoms with Crippen LogP contribution < -0.4 is 5.63 Å². The zero-order chi connectivity index (χ0) is 16.7. The Morgan fingerprint density at radius 3 is 2.54 bits per heavy atom. The largest absolute Gasteiger partial charge is 0.465 e. The van der Waals surface area contributed by atoms with Gasteiger partial charge in [-0.05, 0) is 41.5 Å². The lowest BCUT2D eigenvalue weighted by Gasteiger charge is -2.06. The standard InChI is InChI=1S/C19H13NO4/c1-23-18(21)13-6-4-12(5-7-13)14-8-9-16-15(11-14)19(22)24-17-3-2-10-20(16)17/h2-11H,1H3. The van der Waals surface area contributed by atoms with Crippen LogP contribution >= 0.6 is 0 Å². The smallest absolute Gasteiger partial charge is 0.346 e. The number of nitrogens with zero attached hydrogens (tertiary/aromatic N) is 1. The molecule has 2 heterocycles. The highest BCUT2D eigenvalue weighted by Gasteiger charge is 2.09. The number of carbonyl (C=O) groups is 1. The van der Waals surface area contributed by atoms with Crippen LogP contribution in [0.1, 0.15) is 10.4 Å². The minimum Gasteiger partial charge on any atom is -0.465 e. The fraction of sp³-hybridized carbons (Fsp3) is 0.0526. The van der Waals surface area contributed by atoms with Gasteiger partial charge >= 0.3 is 11.6 Å². The summed E-state index contributed by atoms with van der Waals surface area (Å²) in [6, 6.07) is 16.3. The topological polar surface area (TPSA) is 60.9 Å². The number of methoxy groups -OCH3 is 1. The van der Waals surface area contributed by atoms with E-state index in [1.165, 1.54) is 7.11 Å². The number of ether oxygens (including phenoxy) is 1. The van der Waals surface area contributed by atoms with Gasteiger partial charge in [-0.3, -0.25) is 4.40 Å². The maximum absolute atomic E-state index is 12.2. The van der Waals surface area contributed by atoms with Crippen LogP contribution in [0, 0.1) is 0 Å². The first-order valence-corrected chi connectivity index (χ1v) is 7.40. The number of hydrogen-bond acceptors (Lipinski definition) is 4.